The molecule has 1 amide bonds. The Morgan fingerprint density at radius 1 is 1.25 bits per heavy atom. The zero-order valence-corrected chi connectivity index (χ0v) is 13.2. The van der Waals surface area contributed by atoms with Crippen LogP contribution in [0.1, 0.15) is 40.5 Å². The van der Waals surface area contributed by atoms with Crippen LogP contribution in [0, 0.1) is 17.3 Å². The highest BCUT2D eigenvalue weighted by Crippen LogP contribution is 2.59. The molecule has 1 rings (SSSR count). The zero-order valence-electron chi connectivity index (χ0n) is 13.2. The number of aliphatic carboxylic acids is 1. The second kappa shape index (κ2) is 6.57. The lowest BCUT2D eigenvalue weighted by atomic mass is 10.1. The van der Waals surface area contributed by atoms with Crippen molar-refractivity contribution in [3.63, 3.8) is 0 Å². The monoisotopic (exact) mass is 285 g/mol. The average molecular weight is 285 g/mol. The summed E-state index contributed by atoms with van der Waals surface area (Å²) in [6.07, 6.45) is 1.74. The van der Waals surface area contributed by atoms with Gasteiger partial charge < -0.3 is 14.7 Å². The van der Waals surface area contributed by atoms with Crippen LogP contribution in [0.2, 0.25) is 0 Å². The molecule has 0 aromatic rings. The van der Waals surface area contributed by atoms with Crippen molar-refractivity contribution in [2.75, 3.05) is 20.3 Å². The fraction of sp³-hybridized carbons (Fsp3) is 0.867. The smallest absolute Gasteiger partial charge is 0.307 e. The fourth-order valence-electron chi connectivity index (χ4n) is 3.13. The quantitative estimate of drug-likeness (QED) is 0.741. The van der Waals surface area contributed by atoms with Crippen molar-refractivity contribution in [2.24, 2.45) is 17.3 Å². The van der Waals surface area contributed by atoms with Gasteiger partial charge >= 0.3 is 5.97 Å². The molecule has 1 N–H and O–H groups in total. The lowest BCUT2D eigenvalue weighted by Crippen LogP contribution is -2.43. The summed E-state index contributed by atoms with van der Waals surface area (Å²) >= 11 is 0. The summed E-state index contributed by atoms with van der Waals surface area (Å²) in [5.41, 5.74) is -0.444. The first-order valence-corrected chi connectivity index (χ1v) is 7.35. The Kier molecular flexibility index (Phi) is 5.57. The third kappa shape index (κ3) is 3.14. The highest BCUT2D eigenvalue weighted by atomic mass is 16.5. The molecule has 0 aliphatic heterocycles. The summed E-state index contributed by atoms with van der Waals surface area (Å²) in [5, 5.41) is 9.22. The summed E-state index contributed by atoms with van der Waals surface area (Å²) in [4.78, 5) is 25.8. The summed E-state index contributed by atoms with van der Waals surface area (Å²) < 4.78 is 5.08. The Morgan fingerprint density at radius 3 is 2.15 bits per heavy atom. The summed E-state index contributed by atoms with van der Waals surface area (Å²) in [6, 6.07) is 0.156. The minimum Gasteiger partial charge on any atom is -0.481 e. The third-order valence-electron chi connectivity index (χ3n) is 4.56. The lowest BCUT2D eigenvalue weighted by molar-refractivity contribution is -0.143. The van der Waals surface area contributed by atoms with Gasteiger partial charge in [0.15, 0.2) is 0 Å². The molecule has 1 fully saturated rings. The summed E-state index contributed by atoms with van der Waals surface area (Å²) in [5.74, 6) is -1.87. The normalized spacial score (nSPS) is 23.7. The number of ether oxygens (including phenoxy) is 1. The molecule has 1 aliphatic carbocycles. The van der Waals surface area contributed by atoms with Gasteiger partial charge in [0.1, 0.15) is 0 Å². The number of carbonyl (C=O) groups excluding carboxylic acids is 1. The molecule has 20 heavy (non-hydrogen) atoms. The van der Waals surface area contributed by atoms with Crippen LogP contribution < -0.4 is 0 Å². The Labute approximate surface area is 121 Å². The maximum absolute atomic E-state index is 12.7. The van der Waals surface area contributed by atoms with Crippen LogP contribution in [-0.2, 0) is 14.3 Å². The predicted molar refractivity (Wildman–Crippen MR) is 76.4 cm³/mol. The van der Waals surface area contributed by atoms with Crippen molar-refractivity contribution in [3.8, 4) is 0 Å². The molecule has 1 saturated carbocycles. The Balaban J connectivity index is 2.86. The van der Waals surface area contributed by atoms with E-state index in [-0.39, 0.29) is 11.9 Å². The van der Waals surface area contributed by atoms with Crippen molar-refractivity contribution in [1.29, 1.82) is 0 Å². The number of carboxylic acid groups (broad SMARTS) is 1. The molecule has 0 spiro atoms. The van der Waals surface area contributed by atoms with E-state index in [1.165, 1.54) is 0 Å². The number of carboxylic acids is 1. The minimum atomic E-state index is -0.871. The molecule has 2 atom stereocenters. The number of rotatable bonds is 8. The number of carbonyl (C=O) groups is 2. The Bertz CT molecular complexity index is 363. The van der Waals surface area contributed by atoms with Crippen molar-refractivity contribution in [2.45, 2.75) is 46.6 Å². The second-order valence-electron chi connectivity index (χ2n) is 6.11. The largest absolute Gasteiger partial charge is 0.481 e. The van der Waals surface area contributed by atoms with Crippen LogP contribution in [0.4, 0.5) is 0 Å². The van der Waals surface area contributed by atoms with E-state index in [1.807, 2.05) is 32.6 Å². The van der Waals surface area contributed by atoms with Crippen molar-refractivity contribution >= 4 is 11.9 Å². The molecule has 1 aliphatic rings. The van der Waals surface area contributed by atoms with Crippen LogP contribution in [0.5, 0.6) is 0 Å². The Hall–Kier alpha value is -1.10. The van der Waals surface area contributed by atoms with Gasteiger partial charge in [-0.3, -0.25) is 9.59 Å². The number of nitrogens with zero attached hydrogens (tertiary/aromatic N) is 1. The lowest BCUT2D eigenvalue weighted by Gasteiger charge is -2.31. The van der Waals surface area contributed by atoms with Gasteiger partial charge in [-0.1, -0.05) is 27.7 Å². The molecule has 0 bridgehead atoms. The van der Waals surface area contributed by atoms with Crippen molar-refractivity contribution in [1.82, 2.24) is 4.90 Å². The van der Waals surface area contributed by atoms with E-state index >= 15 is 0 Å². The van der Waals surface area contributed by atoms with Crippen LogP contribution in [0.15, 0.2) is 0 Å². The molecule has 5 heteroatoms. The number of amides is 1. The van der Waals surface area contributed by atoms with Gasteiger partial charge in [-0.05, 0) is 18.3 Å². The maximum atomic E-state index is 12.7. The fourth-order valence-corrected chi connectivity index (χ4v) is 3.13. The summed E-state index contributed by atoms with van der Waals surface area (Å²) in [7, 11) is 1.61. The van der Waals surface area contributed by atoms with Crippen LogP contribution in [0.3, 0.4) is 0 Å². The molecule has 0 aromatic heterocycles. The first-order chi connectivity index (χ1) is 9.32. The second-order valence-corrected chi connectivity index (χ2v) is 6.11. The predicted octanol–water partition coefficient (Wildman–Crippen LogP) is 2.01. The third-order valence-corrected chi connectivity index (χ3v) is 4.56. The van der Waals surface area contributed by atoms with E-state index in [9.17, 15) is 14.7 Å². The Morgan fingerprint density at radius 2 is 1.80 bits per heavy atom. The highest BCUT2D eigenvalue weighted by Gasteiger charge is 2.66. The topological polar surface area (TPSA) is 66.8 Å². The van der Waals surface area contributed by atoms with Crippen LogP contribution >= 0.6 is 0 Å². The van der Waals surface area contributed by atoms with Gasteiger partial charge in [-0.25, -0.2) is 0 Å². The standard InChI is InChI=1S/C15H27NO4/c1-6-10(7-2)16(8-9-20-5)13(17)11-12(14(18)19)15(11,3)4/h10-12H,6-9H2,1-5H3,(H,18,19). The van der Waals surface area contributed by atoms with Crippen LogP contribution in [0.25, 0.3) is 0 Å². The van der Waals surface area contributed by atoms with E-state index < -0.39 is 23.2 Å². The van der Waals surface area contributed by atoms with Gasteiger partial charge in [0.25, 0.3) is 0 Å². The molecule has 0 saturated heterocycles. The zero-order chi connectivity index (χ0) is 15.5. The van der Waals surface area contributed by atoms with E-state index in [4.69, 9.17) is 4.74 Å². The first kappa shape index (κ1) is 17.0. The highest BCUT2D eigenvalue weighted by molar-refractivity contribution is 5.91. The van der Waals surface area contributed by atoms with Gasteiger partial charge in [-0.15, -0.1) is 0 Å². The maximum Gasteiger partial charge on any atom is 0.307 e. The van der Waals surface area contributed by atoms with E-state index in [1.54, 1.807) is 7.11 Å². The van der Waals surface area contributed by atoms with Gasteiger partial charge in [0, 0.05) is 19.7 Å². The number of hydrogen-bond donors (Lipinski definition) is 1. The van der Waals surface area contributed by atoms with E-state index in [0.717, 1.165) is 12.8 Å². The molecular weight excluding hydrogens is 258 g/mol. The van der Waals surface area contributed by atoms with Gasteiger partial charge in [-0.2, -0.15) is 0 Å². The van der Waals surface area contributed by atoms with Gasteiger partial charge in [0.05, 0.1) is 18.4 Å². The van der Waals surface area contributed by atoms with E-state index in [0.29, 0.717) is 13.2 Å². The van der Waals surface area contributed by atoms with Crippen molar-refractivity contribution in [3.05, 3.63) is 0 Å². The molecule has 2 unspecified atom stereocenters. The van der Waals surface area contributed by atoms with Crippen molar-refractivity contribution < 1.29 is 19.4 Å². The van der Waals surface area contributed by atoms with Crippen LogP contribution in [-0.4, -0.2) is 48.2 Å². The van der Waals surface area contributed by atoms with E-state index in [2.05, 4.69) is 0 Å². The SMILES string of the molecule is CCC(CC)N(CCOC)C(=O)C1C(C(=O)O)C1(C)C. The minimum absolute atomic E-state index is 0.0341. The first-order valence-electron chi connectivity index (χ1n) is 7.35. The number of hydrogen-bond acceptors (Lipinski definition) is 3. The molecule has 0 radical (unpaired) electrons. The average Bonchev–Trinajstić information content (AvgIpc) is 2.97. The molecule has 0 aromatic carbocycles. The summed E-state index contributed by atoms with van der Waals surface area (Å²) in [6.45, 7) is 8.82. The molecular formula is C15H27NO4. The molecule has 5 nitrogen and oxygen atoms in total. The number of methoxy groups -OCH3 is 1. The molecule has 0 heterocycles. The van der Waals surface area contributed by atoms with Gasteiger partial charge in [0.2, 0.25) is 5.91 Å². The molecule has 116 valence electrons.